The van der Waals surface area contributed by atoms with Crippen LogP contribution in [0, 0.1) is 5.92 Å². The molecule has 43 heavy (non-hydrogen) atoms. The molecule has 244 valence electrons. The van der Waals surface area contributed by atoms with Crippen LogP contribution in [0.4, 0.5) is 0 Å². The summed E-state index contributed by atoms with van der Waals surface area (Å²) in [6.45, 7) is 16.8. The third-order valence-corrected chi connectivity index (χ3v) is 13.7. The van der Waals surface area contributed by atoms with Crippen molar-refractivity contribution in [3.63, 3.8) is 0 Å². The zero-order valence-electron chi connectivity index (χ0n) is 28.6. The van der Waals surface area contributed by atoms with Crippen LogP contribution in [-0.2, 0) is 30.0 Å². The lowest BCUT2D eigenvalue weighted by Gasteiger charge is -2.45. The van der Waals surface area contributed by atoms with E-state index in [1.54, 1.807) is 14.2 Å². The van der Waals surface area contributed by atoms with Crippen molar-refractivity contribution in [3.05, 3.63) is 59.7 Å². The van der Waals surface area contributed by atoms with Gasteiger partial charge in [-0.3, -0.25) is 4.79 Å². The number of benzene rings is 1. The van der Waals surface area contributed by atoms with Crippen LogP contribution in [0.25, 0.3) is 0 Å². The predicted octanol–water partition coefficient (Wildman–Crippen LogP) is 8.38. The molecule has 1 aromatic carbocycles. The van der Waals surface area contributed by atoms with Gasteiger partial charge >= 0.3 is 0 Å². The number of methoxy groups -OCH3 is 2. The van der Waals surface area contributed by atoms with Gasteiger partial charge in [-0.1, -0.05) is 102 Å². The van der Waals surface area contributed by atoms with E-state index >= 15 is 0 Å². The molecule has 6 nitrogen and oxygen atoms in total. The van der Waals surface area contributed by atoms with Crippen LogP contribution in [-0.4, -0.2) is 59.4 Å². The minimum Gasteiger partial charge on any atom is -0.413 e. The lowest BCUT2D eigenvalue weighted by Crippen LogP contribution is -2.50. The number of ether oxygens (including phenoxy) is 3. The van der Waals surface area contributed by atoms with Crippen LogP contribution in [0.2, 0.25) is 18.1 Å². The molecule has 0 bridgehead atoms. The van der Waals surface area contributed by atoms with E-state index in [9.17, 15) is 4.79 Å². The molecule has 0 spiro atoms. The molecule has 0 saturated heterocycles. The van der Waals surface area contributed by atoms with Gasteiger partial charge in [-0.25, -0.2) is 0 Å². The molecule has 1 aliphatic rings. The Hall–Kier alpha value is -1.77. The number of rotatable bonds is 19. The molecule has 5 atom stereocenters. The Balaban J connectivity index is 2.01. The molecule has 0 aromatic heterocycles. The molecule has 1 aliphatic carbocycles. The van der Waals surface area contributed by atoms with E-state index < -0.39 is 8.32 Å². The summed E-state index contributed by atoms with van der Waals surface area (Å²) in [5, 5.41) is 3.24. The summed E-state index contributed by atoms with van der Waals surface area (Å²) >= 11 is 0. The maximum Gasteiger partial charge on any atom is 0.220 e. The van der Waals surface area contributed by atoms with Crippen LogP contribution in [0.15, 0.2) is 54.1 Å². The van der Waals surface area contributed by atoms with Crippen LogP contribution in [0.1, 0.15) is 91.5 Å². The molecule has 0 unspecified atom stereocenters. The Labute approximate surface area is 264 Å². The number of carbonyl (C=O) groups is 1. The monoisotopic (exact) mass is 615 g/mol. The molecule has 1 N–H and O–H groups in total. The quantitative estimate of drug-likeness (QED) is 0.0962. The Bertz CT molecular complexity index is 987. The van der Waals surface area contributed by atoms with Crippen molar-refractivity contribution in [2.24, 2.45) is 5.92 Å². The van der Waals surface area contributed by atoms with Crippen LogP contribution in [0.3, 0.4) is 0 Å². The number of carbonyl (C=O) groups excluding carboxylic acids is 1. The van der Waals surface area contributed by atoms with E-state index in [4.69, 9.17) is 18.6 Å². The summed E-state index contributed by atoms with van der Waals surface area (Å²) in [5.41, 5.74) is 2.23. The molecule has 0 radical (unpaired) electrons. The Kier molecular flexibility index (Phi) is 16.4. The Morgan fingerprint density at radius 2 is 1.81 bits per heavy atom. The number of hydrogen-bond acceptors (Lipinski definition) is 5. The van der Waals surface area contributed by atoms with Gasteiger partial charge in [-0.2, -0.15) is 0 Å². The standard InChI is InChI=1S/C36H61NO5Si/c1-10-11-14-21-30(39-6)22-17-13-18-23-34(38)37-26-33(40-7)31-24-25-32(42-43(8,9)36(3,4)5)28(2)35(31)41-27-29-19-15-12-16-20-29/h12-13,15-17,19-20,24,28,30,32-33,35H,10-11,14,18,21-23,25-27H2,1-9H3,(H,37,38)/b17-13+/t28-,30+,32-,33+,35-/m1/s1. The van der Waals surface area contributed by atoms with Crippen molar-refractivity contribution >= 4 is 14.2 Å². The predicted molar refractivity (Wildman–Crippen MR) is 181 cm³/mol. The molecule has 0 fully saturated rings. The van der Waals surface area contributed by atoms with Crippen molar-refractivity contribution in [2.75, 3.05) is 20.8 Å². The summed E-state index contributed by atoms with van der Waals surface area (Å²) in [4.78, 5) is 12.7. The van der Waals surface area contributed by atoms with E-state index in [-0.39, 0.29) is 41.3 Å². The normalized spacial score (nSPS) is 21.0. The first-order valence-electron chi connectivity index (χ1n) is 16.4. The second-order valence-corrected chi connectivity index (χ2v) is 18.3. The van der Waals surface area contributed by atoms with Gasteiger partial charge in [0, 0.05) is 33.1 Å². The zero-order valence-corrected chi connectivity index (χ0v) is 29.6. The fourth-order valence-electron chi connectivity index (χ4n) is 5.28. The van der Waals surface area contributed by atoms with Gasteiger partial charge in [-0.05, 0) is 55.0 Å². The van der Waals surface area contributed by atoms with Crippen LogP contribution >= 0.6 is 0 Å². The van der Waals surface area contributed by atoms with E-state index in [1.165, 1.54) is 19.3 Å². The van der Waals surface area contributed by atoms with E-state index in [0.29, 0.717) is 26.0 Å². The molecule has 0 heterocycles. The smallest absolute Gasteiger partial charge is 0.220 e. The zero-order chi connectivity index (χ0) is 31.9. The summed E-state index contributed by atoms with van der Waals surface area (Å²) in [7, 11) is 1.54. The molecular formula is C36H61NO5Si. The average molecular weight is 616 g/mol. The average Bonchev–Trinajstić information content (AvgIpc) is 2.97. The van der Waals surface area contributed by atoms with Crippen LogP contribution in [0.5, 0.6) is 0 Å². The highest BCUT2D eigenvalue weighted by Crippen LogP contribution is 2.41. The highest BCUT2D eigenvalue weighted by Gasteiger charge is 2.43. The van der Waals surface area contributed by atoms with Gasteiger partial charge in [-0.15, -0.1) is 0 Å². The lowest BCUT2D eigenvalue weighted by molar-refractivity contribution is -0.121. The van der Waals surface area contributed by atoms with Gasteiger partial charge < -0.3 is 24.0 Å². The van der Waals surface area contributed by atoms with Crippen molar-refractivity contribution in [2.45, 2.75) is 135 Å². The lowest BCUT2D eigenvalue weighted by atomic mass is 9.82. The second kappa shape index (κ2) is 18.9. The number of amides is 1. The molecular weight excluding hydrogens is 554 g/mol. The summed E-state index contributed by atoms with van der Waals surface area (Å²) in [6.07, 6.45) is 14.0. The number of unbranched alkanes of at least 4 members (excludes halogenated alkanes) is 2. The molecule has 2 rings (SSSR count). The Morgan fingerprint density at radius 1 is 1.09 bits per heavy atom. The van der Waals surface area contributed by atoms with Gasteiger partial charge in [0.1, 0.15) is 0 Å². The van der Waals surface area contributed by atoms with Gasteiger partial charge in [0.2, 0.25) is 5.91 Å². The first-order valence-corrected chi connectivity index (χ1v) is 19.3. The first kappa shape index (κ1) is 37.4. The molecule has 0 aliphatic heterocycles. The number of nitrogens with one attached hydrogen (secondary N) is 1. The fourth-order valence-corrected chi connectivity index (χ4v) is 6.70. The van der Waals surface area contributed by atoms with Crippen molar-refractivity contribution in [1.82, 2.24) is 5.32 Å². The minimum absolute atomic E-state index is 0.0308. The second-order valence-electron chi connectivity index (χ2n) is 13.6. The minimum atomic E-state index is -1.96. The molecule has 1 aromatic rings. The largest absolute Gasteiger partial charge is 0.413 e. The summed E-state index contributed by atoms with van der Waals surface area (Å²) in [6, 6.07) is 10.3. The van der Waals surface area contributed by atoms with Crippen molar-refractivity contribution in [3.8, 4) is 0 Å². The van der Waals surface area contributed by atoms with E-state index in [1.807, 2.05) is 18.2 Å². The highest BCUT2D eigenvalue weighted by atomic mass is 28.4. The molecule has 0 saturated carbocycles. The first-order chi connectivity index (χ1) is 20.4. The van der Waals surface area contributed by atoms with Gasteiger partial charge in [0.15, 0.2) is 8.32 Å². The third kappa shape index (κ3) is 12.6. The fraction of sp³-hybridized carbons (Fsp3) is 0.694. The van der Waals surface area contributed by atoms with Crippen molar-refractivity contribution in [1.29, 1.82) is 0 Å². The summed E-state index contributed by atoms with van der Waals surface area (Å²) < 4.78 is 25.1. The van der Waals surface area contributed by atoms with E-state index in [2.05, 4.69) is 83.4 Å². The van der Waals surface area contributed by atoms with Crippen molar-refractivity contribution < 1.29 is 23.4 Å². The van der Waals surface area contributed by atoms with Gasteiger partial charge in [0.05, 0.1) is 31.0 Å². The van der Waals surface area contributed by atoms with E-state index in [0.717, 1.165) is 30.4 Å². The maximum absolute atomic E-state index is 12.7. The van der Waals surface area contributed by atoms with Crippen LogP contribution < -0.4 is 5.32 Å². The SMILES string of the molecule is CCCCC[C@@H](C/C=C/CCC(=O)NC[C@H](OC)C1=CC[C@@H](O[Si](C)(C)C(C)(C)C)[C@@H](C)[C@H]1OCc1ccccc1)OC. The highest BCUT2D eigenvalue weighted by molar-refractivity contribution is 6.74. The molecule has 1 amide bonds. The number of allylic oxidation sites excluding steroid dienone is 1. The topological polar surface area (TPSA) is 66.0 Å². The maximum atomic E-state index is 12.7. The third-order valence-electron chi connectivity index (χ3n) is 9.21. The Morgan fingerprint density at radius 3 is 2.44 bits per heavy atom. The summed E-state index contributed by atoms with van der Waals surface area (Å²) in [5.74, 6) is 0.178. The van der Waals surface area contributed by atoms with Gasteiger partial charge in [0.25, 0.3) is 0 Å². The molecule has 7 heteroatoms. The number of hydrogen-bond donors (Lipinski definition) is 1.